The molecule has 8 nitrogen and oxygen atoms in total. The lowest BCUT2D eigenvalue weighted by Gasteiger charge is -2.09. The lowest BCUT2D eigenvalue weighted by Crippen LogP contribution is -2.16. The highest BCUT2D eigenvalue weighted by atomic mass is 16.6. The minimum Gasteiger partial charge on any atom is -0.493 e. The fourth-order valence-corrected chi connectivity index (χ4v) is 2.03. The maximum Gasteiger partial charge on any atom is 0.344 e. The average Bonchev–Trinajstić information content (AvgIpc) is 2.66. The number of carbonyl (C=O) groups excluding carboxylic acids is 1. The second-order valence-corrected chi connectivity index (χ2v) is 5.11. The number of nitrogens with zero attached hydrogens (tertiary/aromatic N) is 1. The molecule has 2 rings (SSSR count). The third-order valence-corrected chi connectivity index (χ3v) is 3.27. The zero-order valence-electron chi connectivity index (χ0n) is 14.3. The molecule has 2 aromatic carbocycles. The van der Waals surface area contributed by atoms with E-state index >= 15 is 0 Å². The number of esters is 1. The predicted molar refractivity (Wildman–Crippen MR) is 92.7 cm³/mol. The quantitative estimate of drug-likeness (QED) is 0.278. The second-order valence-electron chi connectivity index (χ2n) is 5.11. The van der Waals surface area contributed by atoms with E-state index in [-0.39, 0.29) is 30.4 Å². The number of ether oxygens (including phenoxy) is 4. The van der Waals surface area contributed by atoms with Crippen molar-refractivity contribution in [2.24, 2.45) is 0 Å². The van der Waals surface area contributed by atoms with E-state index in [1.165, 1.54) is 25.3 Å². The monoisotopic (exact) mass is 361 g/mol. The molecule has 0 saturated carbocycles. The zero-order chi connectivity index (χ0) is 18.8. The number of hydrogen-bond acceptors (Lipinski definition) is 7. The van der Waals surface area contributed by atoms with Gasteiger partial charge in [0.15, 0.2) is 6.61 Å². The average molecular weight is 361 g/mol. The van der Waals surface area contributed by atoms with Gasteiger partial charge in [0.05, 0.1) is 25.2 Å². The van der Waals surface area contributed by atoms with Crippen LogP contribution in [0.25, 0.3) is 0 Å². The molecule has 0 aromatic heterocycles. The first-order valence-electron chi connectivity index (χ1n) is 7.89. The Morgan fingerprint density at radius 2 is 1.81 bits per heavy atom. The molecule has 0 spiro atoms. The van der Waals surface area contributed by atoms with Crippen molar-refractivity contribution in [3.05, 3.63) is 58.6 Å². The first-order chi connectivity index (χ1) is 12.6. The predicted octanol–water partition coefficient (Wildman–Crippen LogP) is 2.99. The van der Waals surface area contributed by atoms with Gasteiger partial charge in [0, 0.05) is 18.6 Å². The summed E-state index contributed by atoms with van der Waals surface area (Å²) >= 11 is 0. The van der Waals surface area contributed by atoms with Gasteiger partial charge in [-0.3, -0.25) is 10.1 Å². The van der Waals surface area contributed by atoms with Crippen LogP contribution in [0.1, 0.15) is 6.42 Å². The van der Waals surface area contributed by atoms with Crippen LogP contribution >= 0.6 is 0 Å². The van der Waals surface area contributed by atoms with Crippen molar-refractivity contribution in [2.45, 2.75) is 6.42 Å². The molecule has 0 aliphatic heterocycles. The van der Waals surface area contributed by atoms with Crippen molar-refractivity contribution in [2.75, 3.05) is 26.9 Å². The van der Waals surface area contributed by atoms with Gasteiger partial charge >= 0.3 is 11.7 Å². The summed E-state index contributed by atoms with van der Waals surface area (Å²) in [4.78, 5) is 21.9. The lowest BCUT2D eigenvalue weighted by molar-refractivity contribution is -0.385. The van der Waals surface area contributed by atoms with E-state index in [0.717, 1.165) is 5.75 Å². The van der Waals surface area contributed by atoms with Gasteiger partial charge in [-0.2, -0.15) is 0 Å². The van der Waals surface area contributed by atoms with E-state index < -0.39 is 10.9 Å². The maximum absolute atomic E-state index is 11.7. The topological polar surface area (TPSA) is 97.1 Å². The zero-order valence-corrected chi connectivity index (χ0v) is 14.3. The van der Waals surface area contributed by atoms with Gasteiger partial charge in [0.25, 0.3) is 0 Å². The van der Waals surface area contributed by atoms with Crippen molar-refractivity contribution >= 4 is 11.7 Å². The molecule has 0 N–H and O–H groups in total. The molecule has 26 heavy (non-hydrogen) atoms. The lowest BCUT2D eigenvalue weighted by atomic mass is 10.3. The van der Waals surface area contributed by atoms with Gasteiger partial charge < -0.3 is 18.9 Å². The largest absolute Gasteiger partial charge is 0.493 e. The van der Waals surface area contributed by atoms with Crippen LogP contribution in [0, 0.1) is 10.1 Å². The maximum atomic E-state index is 11.7. The number of methoxy groups -OCH3 is 1. The number of benzene rings is 2. The molecule has 0 radical (unpaired) electrons. The van der Waals surface area contributed by atoms with E-state index in [1.54, 1.807) is 0 Å². The summed E-state index contributed by atoms with van der Waals surface area (Å²) in [5.74, 6) is 0.548. The molecule has 0 saturated heterocycles. The van der Waals surface area contributed by atoms with Crippen LogP contribution in [0.5, 0.6) is 17.2 Å². The Balaban J connectivity index is 1.67. The molecule has 0 heterocycles. The molecule has 0 unspecified atom stereocenters. The third kappa shape index (κ3) is 5.97. The molecule has 0 fully saturated rings. The number of rotatable bonds is 10. The number of hydrogen-bond donors (Lipinski definition) is 0. The standard InChI is InChI=1S/C18H19NO7/c1-23-17-12-15(8-9-16(17)19(21)22)26-13-18(20)25-11-5-10-24-14-6-3-2-4-7-14/h2-4,6-9,12H,5,10-11,13H2,1H3. The fraction of sp³-hybridized carbons (Fsp3) is 0.278. The van der Waals surface area contributed by atoms with Gasteiger partial charge in [0.2, 0.25) is 5.75 Å². The van der Waals surface area contributed by atoms with Gasteiger partial charge in [-0.15, -0.1) is 0 Å². The number of para-hydroxylation sites is 1. The van der Waals surface area contributed by atoms with Crippen LogP contribution in [-0.2, 0) is 9.53 Å². The summed E-state index contributed by atoms with van der Waals surface area (Å²) in [5.41, 5.74) is -0.180. The second kappa shape index (κ2) is 9.87. The minimum atomic E-state index is -0.561. The van der Waals surface area contributed by atoms with Crippen molar-refractivity contribution in [1.82, 2.24) is 0 Å². The number of nitro benzene ring substituents is 1. The Bertz CT molecular complexity index is 734. The molecule has 0 atom stereocenters. The van der Waals surface area contributed by atoms with Crippen LogP contribution in [0.4, 0.5) is 5.69 Å². The van der Waals surface area contributed by atoms with E-state index in [9.17, 15) is 14.9 Å². The summed E-state index contributed by atoms with van der Waals surface area (Å²) in [7, 11) is 1.32. The van der Waals surface area contributed by atoms with E-state index in [0.29, 0.717) is 13.0 Å². The smallest absolute Gasteiger partial charge is 0.344 e. The molecule has 138 valence electrons. The SMILES string of the molecule is COc1cc(OCC(=O)OCCCOc2ccccc2)ccc1[N+](=O)[O-]. The Hall–Kier alpha value is -3.29. The Morgan fingerprint density at radius 1 is 1.04 bits per heavy atom. The summed E-state index contributed by atoms with van der Waals surface area (Å²) in [6.07, 6.45) is 0.548. The van der Waals surface area contributed by atoms with Crippen LogP contribution in [0.15, 0.2) is 48.5 Å². The molecule has 8 heteroatoms. The molecular formula is C18H19NO7. The highest BCUT2D eigenvalue weighted by molar-refractivity contribution is 5.71. The Morgan fingerprint density at radius 3 is 2.50 bits per heavy atom. The molecular weight excluding hydrogens is 342 g/mol. The first-order valence-corrected chi connectivity index (χ1v) is 7.89. The van der Waals surface area contributed by atoms with Crippen molar-refractivity contribution < 1.29 is 28.7 Å². The summed E-state index contributed by atoms with van der Waals surface area (Å²) in [6.45, 7) is 0.330. The van der Waals surface area contributed by atoms with Crippen molar-refractivity contribution in [3.63, 3.8) is 0 Å². The van der Waals surface area contributed by atoms with E-state index in [1.807, 2.05) is 30.3 Å². The van der Waals surface area contributed by atoms with Crippen molar-refractivity contribution in [3.8, 4) is 17.2 Å². The molecule has 0 aliphatic carbocycles. The number of nitro groups is 1. The Kier molecular flexibility index (Phi) is 7.23. The molecule has 0 amide bonds. The van der Waals surface area contributed by atoms with Crippen LogP contribution in [-0.4, -0.2) is 37.8 Å². The normalized spacial score (nSPS) is 10.0. The Labute approximate surface area is 150 Å². The van der Waals surface area contributed by atoms with Gasteiger partial charge in [-0.1, -0.05) is 18.2 Å². The summed E-state index contributed by atoms with van der Waals surface area (Å²) in [5, 5.41) is 10.8. The van der Waals surface area contributed by atoms with E-state index in [2.05, 4.69) is 0 Å². The number of carbonyl (C=O) groups is 1. The highest BCUT2D eigenvalue weighted by Gasteiger charge is 2.15. The highest BCUT2D eigenvalue weighted by Crippen LogP contribution is 2.30. The van der Waals surface area contributed by atoms with Crippen LogP contribution in [0.3, 0.4) is 0 Å². The van der Waals surface area contributed by atoms with Crippen LogP contribution < -0.4 is 14.2 Å². The van der Waals surface area contributed by atoms with Crippen LogP contribution in [0.2, 0.25) is 0 Å². The summed E-state index contributed by atoms with van der Waals surface area (Å²) < 4.78 is 20.7. The van der Waals surface area contributed by atoms with Crippen molar-refractivity contribution in [1.29, 1.82) is 0 Å². The van der Waals surface area contributed by atoms with Gasteiger partial charge in [-0.05, 0) is 18.2 Å². The minimum absolute atomic E-state index is 0.0546. The molecule has 0 bridgehead atoms. The summed E-state index contributed by atoms with van der Waals surface area (Å²) in [6, 6.07) is 13.3. The third-order valence-electron chi connectivity index (χ3n) is 3.27. The van der Waals surface area contributed by atoms with Gasteiger partial charge in [-0.25, -0.2) is 4.79 Å². The molecule has 2 aromatic rings. The fourth-order valence-electron chi connectivity index (χ4n) is 2.03. The molecule has 0 aliphatic rings. The van der Waals surface area contributed by atoms with Gasteiger partial charge in [0.1, 0.15) is 11.5 Å². The first kappa shape index (κ1) is 19.0. The van der Waals surface area contributed by atoms with E-state index in [4.69, 9.17) is 18.9 Å².